The van der Waals surface area contributed by atoms with E-state index < -0.39 is 17.9 Å². The molecule has 0 unspecified atom stereocenters. The molecule has 92 valence electrons. The summed E-state index contributed by atoms with van der Waals surface area (Å²) in [6, 6.07) is 0. The van der Waals surface area contributed by atoms with Crippen molar-refractivity contribution >= 4 is 18.0 Å². The molecule has 16 heavy (non-hydrogen) atoms. The molecule has 7 heteroatoms. The third-order valence-corrected chi connectivity index (χ3v) is 1.77. The maximum atomic E-state index is 11.7. The average Bonchev–Trinajstić information content (AvgIpc) is 2.20. The van der Waals surface area contributed by atoms with Crippen LogP contribution in [-0.2, 0) is 14.4 Å². The molecule has 0 bridgehead atoms. The van der Waals surface area contributed by atoms with Gasteiger partial charge in [0.1, 0.15) is 0 Å². The van der Waals surface area contributed by atoms with E-state index in [0.29, 0.717) is 19.3 Å². The summed E-state index contributed by atoms with van der Waals surface area (Å²) in [4.78, 5) is 30.7. The highest BCUT2D eigenvalue weighted by Gasteiger charge is 2.38. The predicted molar refractivity (Wildman–Crippen MR) is 48.6 cm³/mol. The summed E-state index contributed by atoms with van der Waals surface area (Å²) < 4.78 is 35.0. The number of hydrogen-bond donors (Lipinski definition) is 1. The number of hydrogen-bond acceptors (Lipinski definition) is 3. The Balaban J connectivity index is 3.44. The minimum Gasteiger partial charge on any atom is -0.348 e. The van der Waals surface area contributed by atoms with Crippen LogP contribution in [0.5, 0.6) is 0 Å². The monoisotopic (exact) mass is 239 g/mol. The Hall–Kier alpha value is -1.40. The molecule has 1 amide bonds. The number of unbranched alkanes of at least 4 members (excludes halogenated alkanes) is 2. The molecule has 0 aliphatic heterocycles. The lowest BCUT2D eigenvalue weighted by molar-refractivity contribution is -0.173. The maximum absolute atomic E-state index is 11.7. The standard InChI is InChI=1S/C9H12F3NO3/c10-9(11,12)8(16)13-5-3-1-2-4-7(15)6-14/h6H,1-5H2,(H,13,16). The van der Waals surface area contributed by atoms with Crippen molar-refractivity contribution in [1.29, 1.82) is 0 Å². The van der Waals surface area contributed by atoms with Crippen LogP contribution in [-0.4, -0.2) is 30.7 Å². The van der Waals surface area contributed by atoms with Gasteiger partial charge in [-0.05, 0) is 12.8 Å². The van der Waals surface area contributed by atoms with Crippen LogP contribution in [0.2, 0.25) is 0 Å². The third kappa shape index (κ3) is 6.97. The number of carbonyl (C=O) groups is 3. The lowest BCUT2D eigenvalue weighted by Crippen LogP contribution is -2.37. The van der Waals surface area contributed by atoms with E-state index in [9.17, 15) is 27.6 Å². The van der Waals surface area contributed by atoms with Crippen molar-refractivity contribution < 1.29 is 27.6 Å². The van der Waals surface area contributed by atoms with Crippen molar-refractivity contribution in [1.82, 2.24) is 5.32 Å². The van der Waals surface area contributed by atoms with Crippen LogP contribution in [0.1, 0.15) is 25.7 Å². The zero-order chi connectivity index (χ0) is 12.6. The fourth-order valence-corrected chi connectivity index (χ4v) is 0.962. The van der Waals surface area contributed by atoms with Crippen LogP contribution in [0.25, 0.3) is 0 Å². The number of halogens is 3. The first-order valence-corrected chi connectivity index (χ1v) is 4.71. The minimum atomic E-state index is -4.85. The molecule has 0 heterocycles. The molecule has 0 spiro atoms. The Bertz CT molecular complexity index is 263. The number of alkyl halides is 3. The van der Waals surface area contributed by atoms with Crippen molar-refractivity contribution in [2.45, 2.75) is 31.9 Å². The smallest absolute Gasteiger partial charge is 0.348 e. The summed E-state index contributed by atoms with van der Waals surface area (Å²) >= 11 is 0. The van der Waals surface area contributed by atoms with Crippen LogP contribution in [0.3, 0.4) is 0 Å². The van der Waals surface area contributed by atoms with Crippen molar-refractivity contribution in [3.05, 3.63) is 0 Å². The maximum Gasteiger partial charge on any atom is 0.471 e. The quantitative estimate of drug-likeness (QED) is 0.409. The molecule has 0 aromatic rings. The first-order valence-electron chi connectivity index (χ1n) is 4.71. The lowest BCUT2D eigenvalue weighted by Gasteiger charge is -2.06. The molecule has 0 saturated heterocycles. The molecule has 0 aromatic heterocycles. The number of carbonyl (C=O) groups excluding carboxylic acids is 3. The number of aldehydes is 1. The van der Waals surface area contributed by atoms with Gasteiger partial charge in [-0.25, -0.2) is 0 Å². The zero-order valence-corrected chi connectivity index (χ0v) is 8.47. The second-order valence-corrected chi connectivity index (χ2v) is 3.15. The first kappa shape index (κ1) is 14.6. The number of nitrogens with one attached hydrogen (secondary N) is 1. The third-order valence-electron chi connectivity index (χ3n) is 1.77. The second-order valence-electron chi connectivity index (χ2n) is 3.15. The normalized spacial score (nSPS) is 10.9. The van der Waals surface area contributed by atoms with Crippen molar-refractivity contribution in [2.75, 3.05) is 6.54 Å². The summed E-state index contributed by atoms with van der Waals surface area (Å²) in [6.45, 7) is -0.0897. The fourth-order valence-electron chi connectivity index (χ4n) is 0.962. The van der Waals surface area contributed by atoms with E-state index in [1.165, 1.54) is 0 Å². The van der Waals surface area contributed by atoms with E-state index in [1.807, 2.05) is 0 Å². The van der Waals surface area contributed by atoms with Gasteiger partial charge >= 0.3 is 12.1 Å². The Morgan fingerprint density at radius 1 is 1.12 bits per heavy atom. The van der Waals surface area contributed by atoms with Crippen molar-refractivity contribution in [3.63, 3.8) is 0 Å². The highest BCUT2D eigenvalue weighted by Crippen LogP contribution is 2.13. The van der Waals surface area contributed by atoms with Gasteiger partial charge in [0.2, 0.25) is 0 Å². The zero-order valence-electron chi connectivity index (χ0n) is 8.47. The van der Waals surface area contributed by atoms with Gasteiger partial charge in [-0.3, -0.25) is 14.4 Å². The topological polar surface area (TPSA) is 63.2 Å². The molecule has 0 aliphatic carbocycles. The van der Waals surface area contributed by atoms with E-state index in [0.717, 1.165) is 0 Å². The van der Waals surface area contributed by atoms with Crippen molar-refractivity contribution in [2.24, 2.45) is 0 Å². The Morgan fingerprint density at radius 3 is 2.25 bits per heavy atom. The van der Waals surface area contributed by atoms with Gasteiger partial charge in [0.05, 0.1) is 0 Å². The molecule has 0 aromatic carbocycles. The fraction of sp³-hybridized carbons (Fsp3) is 0.667. The molecular formula is C9H12F3NO3. The molecule has 1 N–H and O–H groups in total. The molecule has 0 saturated carbocycles. The molecule has 0 rings (SSSR count). The van der Waals surface area contributed by atoms with Crippen molar-refractivity contribution in [3.8, 4) is 0 Å². The predicted octanol–water partition coefficient (Wildman–Crippen LogP) is 0.993. The second kappa shape index (κ2) is 6.97. The summed E-state index contributed by atoms with van der Waals surface area (Å²) in [6.07, 6.45) is -3.29. The highest BCUT2D eigenvalue weighted by molar-refractivity contribution is 6.24. The van der Waals surface area contributed by atoms with Crippen LogP contribution < -0.4 is 5.32 Å². The summed E-state index contributed by atoms with van der Waals surface area (Å²) in [5.74, 6) is -2.49. The summed E-state index contributed by atoms with van der Waals surface area (Å²) in [5, 5.41) is 1.71. The molecule has 0 atom stereocenters. The molecule has 0 aliphatic rings. The van der Waals surface area contributed by atoms with Gasteiger partial charge in [0.25, 0.3) is 0 Å². The van der Waals surface area contributed by atoms with E-state index in [4.69, 9.17) is 0 Å². The van der Waals surface area contributed by atoms with Crippen LogP contribution in [0.15, 0.2) is 0 Å². The van der Waals surface area contributed by atoms with E-state index in [1.54, 1.807) is 5.32 Å². The number of amides is 1. The van der Waals surface area contributed by atoms with Gasteiger partial charge < -0.3 is 5.32 Å². The first-order chi connectivity index (χ1) is 7.38. The summed E-state index contributed by atoms with van der Waals surface area (Å²) in [7, 11) is 0. The number of rotatable bonds is 7. The molecule has 0 fully saturated rings. The highest BCUT2D eigenvalue weighted by atomic mass is 19.4. The molecular weight excluding hydrogens is 227 g/mol. The minimum absolute atomic E-state index is 0.0897. The van der Waals surface area contributed by atoms with Gasteiger partial charge in [-0.1, -0.05) is 6.42 Å². The van der Waals surface area contributed by atoms with Gasteiger partial charge in [-0.2, -0.15) is 13.2 Å². The Kier molecular flexibility index (Phi) is 6.36. The van der Waals surface area contributed by atoms with Crippen LogP contribution in [0.4, 0.5) is 13.2 Å². The largest absolute Gasteiger partial charge is 0.471 e. The molecule has 4 nitrogen and oxygen atoms in total. The van der Waals surface area contributed by atoms with E-state index >= 15 is 0 Å². The average molecular weight is 239 g/mol. The number of Topliss-reactive ketones (excluding diaryl/α,β-unsaturated/α-hetero) is 1. The van der Waals surface area contributed by atoms with Crippen LogP contribution in [0, 0.1) is 0 Å². The van der Waals surface area contributed by atoms with Gasteiger partial charge in [0.15, 0.2) is 12.1 Å². The lowest BCUT2D eigenvalue weighted by atomic mass is 10.1. The molecule has 0 radical (unpaired) electrons. The Morgan fingerprint density at radius 2 is 1.75 bits per heavy atom. The van der Waals surface area contributed by atoms with Crippen LogP contribution >= 0.6 is 0 Å². The Labute approximate surface area is 90.2 Å². The number of ketones is 1. The van der Waals surface area contributed by atoms with E-state index in [-0.39, 0.29) is 19.3 Å². The van der Waals surface area contributed by atoms with Gasteiger partial charge in [-0.15, -0.1) is 0 Å². The SMILES string of the molecule is O=CC(=O)CCCCCNC(=O)C(F)(F)F. The summed E-state index contributed by atoms with van der Waals surface area (Å²) in [5.41, 5.74) is 0. The van der Waals surface area contributed by atoms with Gasteiger partial charge in [0, 0.05) is 13.0 Å². The van der Waals surface area contributed by atoms with E-state index in [2.05, 4.69) is 0 Å².